The van der Waals surface area contributed by atoms with Gasteiger partial charge in [0, 0.05) is 30.8 Å². The third-order valence-electron chi connectivity index (χ3n) is 3.93. The zero-order valence-electron chi connectivity index (χ0n) is 12.7. The van der Waals surface area contributed by atoms with Gasteiger partial charge in [-0.25, -0.2) is 0 Å². The number of nitrogens with zero attached hydrogens (tertiary/aromatic N) is 4. The number of piperidine rings is 1. The quantitative estimate of drug-likeness (QED) is 0.915. The molecule has 2 aromatic rings. The summed E-state index contributed by atoms with van der Waals surface area (Å²) in [6.07, 6.45) is 5.08. The van der Waals surface area contributed by atoms with Crippen molar-refractivity contribution in [3.05, 3.63) is 29.7 Å². The molecule has 1 N–H and O–H groups in total. The summed E-state index contributed by atoms with van der Waals surface area (Å²) in [4.78, 5) is 6.89. The molecule has 21 heavy (non-hydrogen) atoms. The molecule has 0 aromatic carbocycles. The lowest BCUT2D eigenvalue weighted by atomic mass is 9.95. The summed E-state index contributed by atoms with van der Waals surface area (Å²) in [6.45, 7) is 7.20. The number of rotatable bonds is 5. The van der Waals surface area contributed by atoms with Crippen LogP contribution < -0.4 is 0 Å². The number of nitrogens with one attached hydrogen (secondary N) is 1. The van der Waals surface area contributed by atoms with E-state index in [-0.39, 0.29) is 0 Å². The molecule has 1 saturated heterocycles. The van der Waals surface area contributed by atoms with Crippen LogP contribution in [-0.4, -0.2) is 38.3 Å². The highest BCUT2D eigenvalue weighted by Crippen LogP contribution is 2.25. The molecule has 0 spiro atoms. The smallest absolute Gasteiger partial charge is 0.226 e. The van der Waals surface area contributed by atoms with Crippen LogP contribution in [0.4, 0.5) is 0 Å². The Morgan fingerprint density at radius 2 is 2.38 bits per heavy atom. The lowest BCUT2D eigenvalue weighted by molar-refractivity contribution is 0.192. The largest absolute Gasteiger partial charge is 0.339 e. The highest BCUT2D eigenvalue weighted by atomic mass is 16.5. The molecular formula is C15H23N5O. The van der Waals surface area contributed by atoms with Gasteiger partial charge in [0.1, 0.15) is 0 Å². The van der Waals surface area contributed by atoms with Crippen molar-refractivity contribution in [2.75, 3.05) is 13.1 Å². The van der Waals surface area contributed by atoms with Gasteiger partial charge in [0.05, 0.1) is 6.54 Å². The zero-order valence-corrected chi connectivity index (χ0v) is 12.7. The van der Waals surface area contributed by atoms with Gasteiger partial charge in [0.15, 0.2) is 5.82 Å². The second-order valence-electron chi connectivity index (χ2n) is 6.29. The van der Waals surface area contributed by atoms with Gasteiger partial charge < -0.3 is 4.52 Å². The van der Waals surface area contributed by atoms with E-state index in [1.807, 2.05) is 6.20 Å². The molecule has 1 atom stereocenters. The SMILES string of the molecule is CC(C)Cc1nc(CN2CCCC(c3ccn[nH]3)C2)no1. The van der Waals surface area contributed by atoms with E-state index >= 15 is 0 Å². The van der Waals surface area contributed by atoms with Crippen molar-refractivity contribution in [2.45, 2.75) is 45.6 Å². The predicted molar refractivity (Wildman–Crippen MR) is 78.7 cm³/mol. The molecule has 1 aliphatic heterocycles. The fraction of sp³-hybridized carbons (Fsp3) is 0.667. The molecule has 0 bridgehead atoms. The van der Waals surface area contributed by atoms with Gasteiger partial charge in [-0.1, -0.05) is 19.0 Å². The number of hydrogen-bond donors (Lipinski definition) is 1. The number of H-pyrrole nitrogens is 1. The third kappa shape index (κ3) is 3.69. The highest BCUT2D eigenvalue weighted by molar-refractivity contribution is 5.07. The van der Waals surface area contributed by atoms with Crippen molar-refractivity contribution in [1.82, 2.24) is 25.2 Å². The van der Waals surface area contributed by atoms with Gasteiger partial charge in [0.25, 0.3) is 0 Å². The van der Waals surface area contributed by atoms with Crippen molar-refractivity contribution in [1.29, 1.82) is 0 Å². The van der Waals surface area contributed by atoms with E-state index in [1.165, 1.54) is 18.5 Å². The van der Waals surface area contributed by atoms with Crippen LogP contribution >= 0.6 is 0 Å². The van der Waals surface area contributed by atoms with Gasteiger partial charge in [-0.2, -0.15) is 10.1 Å². The van der Waals surface area contributed by atoms with Gasteiger partial charge in [-0.15, -0.1) is 0 Å². The summed E-state index contributed by atoms with van der Waals surface area (Å²) >= 11 is 0. The topological polar surface area (TPSA) is 70.8 Å². The Hall–Kier alpha value is -1.69. The Balaban J connectivity index is 1.58. The number of hydrogen-bond acceptors (Lipinski definition) is 5. The van der Waals surface area contributed by atoms with E-state index in [1.54, 1.807) is 0 Å². The van der Waals surface area contributed by atoms with Crippen LogP contribution in [0.3, 0.4) is 0 Å². The molecule has 3 heterocycles. The maximum Gasteiger partial charge on any atom is 0.226 e. The number of likely N-dealkylation sites (tertiary alicyclic amines) is 1. The van der Waals surface area contributed by atoms with Crippen LogP contribution in [0.15, 0.2) is 16.8 Å². The molecule has 6 nitrogen and oxygen atoms in total. The highest BCUT2D eigenvalue weighted by Gasteiger charge is 2.23. The Labute approximate surface area is 124 Å². The summed E-state index contributed by atoms with van der Waals surface area (Å²) < 4.78 is 5.31. The molecule has 0 amide bonds. The molecule has 114 valence electrons. The van der Waals surface area contributed by atoms with E-state index in [0.29, 0.717) is 11.8 Å². The Bertz CT molecular complexity index is 548. The molecule has 1 aliphatic rings. The van der Waals surface area contributed by atoms with E-state index in [4.69, 9.17) is 4.52 Å². The molecule has 1 unspecified atom stereocenters. The Morgan fingerprint density at radius 3 is 3.14 bits per heavy atom. The first-order valence-electron chi connectivity index (χ1n) is 7.74. The molecule has 3 rings (SSSR count). The summed E-state index contributed by atoms with van der Waals surface area (Å²) in [5, 5.41) is 11.2. The van der Waals surface area contributed by atoms with Gasteiger partial charge in [0.2, 0.25) is 5.89 Å². The van der Waals surface area contributed by atoms with Crippen LogP contribution in [-0.2, 0) is 13.0 Å². The molecule has 0 radical (unpaired) electrons. The number of aromatic amines is 1. The molecule has 2 aromatic heterocycles. The molecule has 0 aliphatic carbocycles. The Morgan fingerprint density at radius 1 is 1.48 bits per heavy atom. The van der Waals surface area contributed by atoms with E-state index < -0.39 is 0 Å². The van der Waals surface area contributed by atoms with Crippen LogP contribution in [0.5, 0.6) is 0 Å². The average Bonchev–Trinajstić information content (AvgIpc) is 3.10. The molecular weight excluding hydrogens is 266 g/mol. The van der Waals surface area contributed by atoms with Crippen molar-refractivity contribution in [3.63, 3.8) is 0 Å². The van der Waals surface area contributed by atoms with Crippen molar-refractivity contribution < 1.29 is 4.52 Å². The summed E-state index contributed by atoms with van der Waals surface area (Å²) in [5.74, 6) is 2.62. The minimum absolute atomic E-state index is 0.531. The van der Waals surface area contributed by atoms with E-state index in [2.05, 4.69) is 45.2 Å². The minimum Gasteiger partial charge on any atom is -0.339 e. The average molecular weight is 289 g/mol. The number of aromatic nitrogens is 4. The van der Waals surface area contributed by atoms with Gasteiger partial charge in [-0.3, -0.25) is 10.00 Å². The normalized spacial score (nSPS) is 20.2. The second kappa shape index (κ2) is 6.39. The van der Waals surface area contributed by atoms with Crippen LogP contribution in [0.1, 0.15) is 50.0 Å². The van der Waals surface area contributed by atoms with Crippen molar-refractivity contribution in [3.8, 4) is 0 Å². The third-order valence-corrected chi connectivity index (χ3v) is 3.93. The monoisotopic (exact) mass is 289 g/mol. The lowest BCUT2D eigenvalue weighted by Gasteiger charge is -2.31. The first-order chi connectivity index (χ1) is 10.2. The van der Waals surface area contributed by atoms with E-state index in [9.17, 15) is 0 Å². The molecule has 0 saturated carbocycles. The standard InChI is InChI=1S/C15H23N5O/c1-11(2)8-15-17-14(19-21-15)10-20-7-3-4-12(9-20)13-5-6-16-18-13/h5-6,11-12H,3-4,7-10H2,1-2H3,(H,16,18). The maximum atomic E-state index is 5.31. The first kappa shape index (κ1) is 14.3. The van der Waals surface area contributed by atoms with Gasteiger partial charge in [-0.05, 0) is 31.4 Å². The fourth-order valence-electron chi connectivity index (χ4n) is 2.93. The van der Waals surface area contributed by atoms with E-state index in [0.717, 1.165) is 37.8 Å². The van der Waals surface area contributed by atoms with Crippen molar-refractivity contribution >= 4 is 0 Å². The summed E-state index contributed by atoms with van der Waals surface area (Å²) in [6, 6.07) is 2.07. The summed E-state index contributed by atoms with van der Waals surface area (Å²) in [5.41, 5.74) is 1.23. The van der Waals surface area contributed by atoms with Gasteiger partial charge >= 0.3 is 0 Å². The predicted octanol–water partition coefficient (Wildman–Crippen LogP) is 2.37. The summed E-state index contributed by atoms with van der Waals surface area (Å²) in [7, 11) is 0. The maximum absolute atomic E-state index is 5.31. The molecule has 6 heteroatoms. The van der Waals surface area contributed by atoms with Crippen molar-refractivity contribution in [2.24, 2.45) is 5.92 Å². The zero-order chi connectivity index (χ0) is 14.7. The lowest BCUT2D eigenvalue weighted by Crippen LogP contribution is -2.34. The Kier molecular flexibility index (Phi) is 4.34. The fourth-order valence-corrected chi connectivity index (χ4v) is 2.93. The van der Waals surface area contributed by atoms with Crippen LogP contribution in [0.2, 0.25) is 0 Å². The van der Waals surface area contributed by atoms with Crippen LogP contribution in [0.25, 0.3) is 0 Å². The first-order valence-corrected chi connectivity index (χ1v) is 7.74. The molecule has 1 fully saturated rings. The minimum atomic E-state index is 0.531. The second-order valence-corrected chi connectivity index (χ2v) is 6.29. The van der Waals surface area contributed by atoms with Crippen LogP contribution in [0, 0.1) is 5.92 Å².